The number of carbonyl (C=O) groups excluding carboxylic acids is 1. The fourth-order valence-electron chi connectivity index (χ4n) is 3.03. The zero-order valence-corrected chi connectivity index (χ0v) is 12.5. The van der Waals surface area contributed by atoms with Crippen molar-refractivity contribution in [1.29, 1.82) is 0 Å². The molecule has 0 aromatic rings. The number of hydrogen-bond acceptors (Lipinski definition) is 4. The van der Waals surface area contributed by atoms with Crippen molar-refractivity contribution in [1.82, 2.24) is 9.80 Å². The van der Waals surface area contributed by atoms with E-state index >= 15 is 0 Å². The number of alkyl halides is 2. The number of likely N-dealkylation sites (N-methyl/N-ethyl adjacent to an activating group) is 1. The van der Waals surface area contributed by atoms with Gasteiger partial charge in [-0.2, -0.15) is 0 Å². The van der Waals surface area contributed by atoms with E-state index in [0.29, 0.717) is 13.2 Å². The largest absolute Gasteiger partial charge is 0.375 e. The highest BCUT2D eigenvalue weighted by Crippen LogP contribution is 2.23. The lowest BCUT2D eigenvalue weighted by Crippen LogP contribution is -2.60. The summed E-state index contributed by atoms with van der Waals surface area (Å²) in [5.74, 6) is -0.0208. The van der Waals surface area contributed by atoms with E-state index in [1.54, 1.807) is 0 Å². The van der Waals surface area contributed by atoms with E-state index in [-0.39, 0.29) is 31.1 Å². The minimum absolute atomic E-state index is 0.0208. The molecule has 0 N–H and O–H groups in total. The lowest BCUT2D eigenvalue weighted by atomic mass is 9.98. The van der Waals surface area contributed by atoms with Gasteiger partial charge < -0.3 is 19.3 Å². The summed E-state index contributed by atoms with van der Waals surface area (Å²) in [6.45, 7) is 5.50. The summed E-state index contributed by atoms with van der Waals surface area (Å²) in [5.41, 5.74) is 0. The Morgan fingerprint density at radius 3 is 2.95 bits per heavy atom. The zero-order valence-electron chi connectivity index (χ0n) is 12.5. The lowest BCUT2D eigenvalue weighted by Gasteiger charge is -2.46. The normalized spacial score (nSPS) is 27.0. The Kier molecular flexibility index (Phi) is 6.32. The third-order valence-electron chi connectivity index (χ3n) is 4.14. The summed E-state index contributed by atoms with van der Waals surface area (Å²) in [4.78, 5) is 16.4. The highest BCUT2D eigenvalue weighted by molar-refractivity contribution is 5.76. The van der Waals surface area contributed by atoms with Crippen LogP contribution in [0.5, 0.6) is 0 Å². The number of nitrogens with zero attached hydrogens (tertiary/aromatic N) is 2. The molecule has 2 atom stereocenters. The molecule has 0 bridgehead atoms. The van der Waals surface area contributed by atoms with E-state index in [1.165, 1.54) is 0 Å². The standard InChI is InChI=1S/C14H24F2N2O3/c1-2-17-5-3-11-12(9-17)21-8-6-18(11)14(19)4-7-20-10-13(15)16/h11-13H,2-10H2,1H3/t11-,12-/m0/s1. The van der Waals surface area contributed by atoms with Crippen molar-refractivity contribution in [3.8, 4) is 0 Å². The van der Waals surface area contributed by atoms with Gasteiger partial charge in [0.05, 0.1) is 31.8 Å². The third-order valence-corrected chi connectivity index (χ3v) is 4.14. The Labute approximate surface area is 124 Å². The van der Waals surface area contributed by atoms with Crippen LogP contribution in [0.1, 0.15) is 19.8 Å². The molecule has 122 valence electrons. The predicted molar refractivity (Wildman–Crippen MR) is 73.4 cm³/mol. The second kappa shape index (κ2) is 8.00. The van der Waals surface area contributed by atoms with Gasteiger partial charge in [0, 0.05) is 19.6 Å². The quantitative estimate of drug-likeness (QED) is 0.686. The monoisotopic (exact) mass is 306 g/mol. The van der Waals surface area contributed by atoms with Gasteiger partial charge in [-0.3, -0.25) is 4.79 Å². The van der Waals surface area contributed by atoms with Gasteiger partial charge in [-0.25, -0.2) is 8.78 Å². The molecule has 0 saturated carbocycles. The van der Waals surface area contributed by atoms with E-state index in [0.717, 1.165) is 26.1 Å². The maximum atomic E-state index is 12.2. The van der Waals surface area contributed by atoms with Gasteiger partial charge in [0.15, 0.2) is 0 Å². The minimum atomic E-state index is -2.48. The van der Waals surface area contributed by atoms with E-state index in [9.17, 15) is 13.6 Å². The van der Waals surface area contributed by atoms with E-state index < -0.39 is 13.0 Å². The molecule has 0 aromatic carbocycles. The molecule has 0 radical (unpaired) electrons. The summed E-state index contributed by atoms with van der Waals surface area (Å²) < 4.78 is 34.5. The maximum Gasteiger partial charge on any atom is 0.261 e. The summed E-state index contributed by atoms with van der Waals surface area (Å²) in [5, 5.41) is 0. The van der Waals surface area contributed by atoms with Crippen LogP contribution < -0.4 is 0 Å². The Hall–Kier alpha value is -0.790. The van der Waals surface area contributed by atoms with Gasteiger partial charge in [0.25, 0.3) is 6.43 Å². The topological polar surface area (TPSA) is 42.0 Å². The Balaban J connectivity index is 1.80. The summed E-state index contributed by atoms with van der Waals surface area (Å²) in [6, 6.07) is 0.115. The lowest BCUT2D eigenvalue weighted by molar-refractivity contribution is -0.153. The van der Waals surface area contributed by atoms with Crippen molar-refractivity contribution in [2.45, 2.75) is 38.3 Å². The maximum absolute atomic E-state index is 12.2. The van der Waals surface area contributed by atoms with Crippen molar-refractivity contribution < 1.29 is 23.0 Å². The molecule has 21 heavy (non-hydrogen) atoms. The molecule has 2 aliphatic rings. The summed E-state index contributed by atoms with van der Waals surface area (Å²) in [6.07, 6.45) is -1.35. The molecule has 2 fully saturated rings. The van der Waals surface area contributed by atoms with Gasteiger partial charge >= 0.3 is 0 Å². The van der Waals surface area contributed by atoms with Gasteiger partial charge in [0.2, 0.25) is 5.91 Å². The van der Waals surface area contributed by atoms with E-state index in [1.807, 2.05) is 4.90 Å². The molecule has 2 rings (SSSR count). The predicted octanol–water partition coefficient (Wildman–Crippen LogP) is 0.980. The van der Waals surface area contributed by atoms with Gasteiger partial charge in [-0.15, -0.1) is 0 Å². The van der Waals surface area contributed by atoms with E-state index in [2.05, 4.69) is 11.8 Å². The van der Waals surface area contributed by atoms with Gasteiger partial charge in [0.1, 0.15) is 6.61 Å². The van der Waals surface area contributed by atoms with Crippen LogP contribution in [-0.2, 0) is 14.3 Å². The molecule has 1 amide bonds. The molecule has 7 heteroatoms. The van der Waals surface area contributed by atoms with Crippen LogP contribution >= 0.6 is 0 Å². The van der Waals surface area contributed by atoms with Crippen molar-refractivity contribution in [3.63, 3.8) is 0 Å². The molecule has 2 aliphatic heterocycles. The molecule has 0 aliphatic carbocycles. The Morgan fingerprint density at radius 1 is 1.43 bits per heavy atom. The van der Waals surface area contributed by atoms with Crippen molar-refractivity contribution in [3.05, 3.63) is 0 Å². The van der Waals surface area contributed by atoms with Crippen molar-refractivity contribution in [2.24, 2.45) is 0 Å². The highest BCUT2D eigenvalue weighted by Gasteiger charge is 2.38. The van der Waals surface area contributed by atoms with Crippen LogP contribution in [0.3, 0.4) is 0 Å². The minimum Gasteiger partial charge on any atom is -0.375 e. The SMILES string of the molecule is CCN1CC[C@H]2[C@H](C1)OCCN2C(=O)CCOCC(F)F. The first kappa shape index (κ1) is 16.6. The van der Waals surface area contributed by atoms with Crippen LogP contribution in [0.4, 0.5) is 8.78 Å². The smallest absolute Gasteiger partial charge is 0.261 e. The number of halogens is 2. The first-order valence-corrected chi connectivity index (χ1v) is 7.61. The molecule has 0 aromatic heterocycles. The Bertz CT molecular complexity index is 344. The fourth-order valence-corrected chi connectivity index (χ4v) is 3.03. The number of morpholine rings is 1. The number of fused-ring (bicyclic) bond motifs is 1. The van der Waals surface area contributed by atoms with Crippen LogP contribution in [0.15, 0.2) is 0 Å². The summed E-state index contributed by atoms with van der Waals surface area (Å²) >= 11 is 0. The molecule has 0 spiro atoms. The number of likely N-dealkylation sites (tertiary alicyclic amines) is 1. The molecule has 2 heterocycles. The molecular formula is C14H24F2N2O3. The number of amides is 1. The molecule has 5 nitrogen and oxygen atoms in total. The Morgan fingerprint density at radius 2 is 2.24 bits per heavy atom. The van der Waals surface area contributed by atoms with Crippen molar-refractivity contribution in [2.75, 3.05) is 46.0 Å². The second-order valence-corrected chi connectivity index (χ2v) is 5.46. The van der Waals surface area contributed by atoms with Crippen LogP contribution in [-0.4, -0.2) is 80.3 Å². The van der Waals surface area contributed by atoms with Gasteiger partial charge in [-0.05, 0) is 13.0 Å². The van der Waals surface area contributed by atoms with Crippen molar-refractivity contribution >= 4 is 5.91 Å². The first-order chi connectivity index (χ1) is 10.1. The second-order valence-electron chi connectivity index (χ2n) is 5.46. The number of ether oxygens (including phenoxy) is 2. The average Bonchev–Trinajstić information content (AvgIpc) is 2.49. The molecular weight excluding hydrogens is 282 g/mol. The molecule has 0 unspecified atom stereocenters. The van der Waals surface area contributed by atoms with Crippen LogP contribution in [0.25, 0.3) is 0 Å². The molecule has 2 saturated heterocycles. The highest BCUT2D eigenvalue weighted by atomic mass is 19.3. The van der Waals surface area contributed by atoms with Crippen LogP contribution in [0.2, 0.25) is 0 Å². The van der Waals surface area contributed by atoms with Crippen LogP contribution in [0, 0.1) is 0 Å². The summed E-state index contributed by atoms with van der Waals surface area (Å²) in [7, 11) is 0. The average molecular weight is 306 g/mol. The third kappa shape index (κ3) is 4.59. The van der Waals surface area contributed by atoms with E-state index in [4.69, 9.17) is 9.47 Å². The van der Waals surface area contributed by atoms with Gasteiger partial charge in [-0.1, -0.05) is 6.92 Å². The number of piperidine rings is 1. The first-order valence-electron chi connectivity index (χ1n) is 7.61. The number of rotatable bonds is 6. The fraction of sp³-hybridized carbons (Fsp3) is 0.929. The number of hydrogen-bond donors (Lipinski definition) is 0. The number of carbonyl (C=O) groups is 1. The zero-order chi connectivity index (χ0) is 15.2.